The molecule has 1 fully saturated rings. The third kappa shape index (κ3) is 5.02. The van der Waals surface area contributed by atoms with Crippen molar-refractivity contribution in [3.05, 3.63) is 22.5 Å². The smallest absolute Gasteiger partial charge is 0.340 e. The van der Waals surface area contributed by atoms with Crippen LogP contribution >= 0.6 is 12.2 Å². The summed E-state index contributed by atoms with van der Waals surface area (Å²) in [6.07, 6.45) is 2.36. The summed E-state index contributed by atoms with van der Waals surface area (Å²) >= 11 is 5.23. The Hall–Kier alpha value is -1.93. The summed E-state index contributed by atoms with van der Waals surface area (Å²) in [4.78, 5) is 15.3. The van der Waals surface area contributed by atoms with E-state index < -0.39 is 0 Å². The average Bonchev–Trinajstić information content (AvgIpc) is 3.18. The van der Waals surface area contributed by atoms with Crippen LogP contribution in [0, 0.1) is 13.8 Å². The zero-order valence-electron chi connectivity index (χ0n) is 15.2. The molecular formula is C17H26N4O3S. The Bertz CT molecular complexity index is 663. The van der Waals surface area contributed by atoms with Gasteiger partial charge < -0.3 is 19.8 Å². The van der Waals surface area contributed by atoms with Crippen LogP contribution in [0.1, 0.15) is 54.0 Å². The summed E-state index contributed by atoms with van der Waals surface area (Å²) in [6, 6.07) is 0. The summed E-state index contributed by atoms with van der Waals surface area (Å²) in [5.41, 5.74) is 6.47. The van der Waals surface area contributed by atoms with Gasteiger partial charge in [0.05, 0.1) is 29.7 Å². The normalized spacial score (nSPS) is 17.4. The van der Waals surface area contributed by atoms with Gasteiger partial charge in [-0.25, -0.2) is 4.79 Å². The Morgan fingerprint density at radius 1 is 1.48 bits per heavy atom. The molecule has 0 aliphatic carbocycles. The zero-order chi connectivity index (χ0) is 18.4. The number of aromatic nitrogens is 1. The van der Waals surface area contributed by atoms with Crippen LogP contribution in [0.4, 0.5) is 0 Å². The number of nitrogens with one attached hydrogen (secondary N) is 3. The fraction of sp³-hybridized carbons (Fsp3) is 0.588. The molecule has 0 aromatic carbocycles. The minimum atomic E-state index is -0.325. The summed E-state index contributed by atoms with van der Waals surface area (Å²) < 4.78 is 10.6. The van der Waals surface area contributed by atoms with Gasteiger partial charge in [0.15, 0.2) is 5.11 Å². The van der Waals surface area contributed by atoms with Gasteiger partial charge in [-0.15, -0.1) is 0 Å². The molecule has 8 heteroatoms. The maximum atomic E-state index is 12.1. The molecule has 0 radical (unpaired) electrons. The molecule has 1 atom stereocenters. The molecule has 0 amide bonds. The Morgan fingerprint density at radius 2 is 2.24 bits per heavy atom. The molecule has 0 bridgehead atoms. The van der Waals surface area contributed by atoms with Crippen LogP contribution in [0.15, 0.2) is 5.10 Å². The highest BCUT2D eigenvalue weighted by Crippen LogP contribution is 2.19. The third-order valence-electron chi connectivity index (χ3n) is 4.12. The number of H-pyrrole nitrogens is 1. The van der Waals surface area contributed by atoms with E-state index in [9.17, 15) is 4.79 Å². The molecule has 0 unspecified atom stereocenters. The Morgan fingerprint density at radius 3 is 2.88 bits per heavy atom. The summed E-state index contributed by atoms with van der Waals surface area (Å²) in [5, 5.41) is 7.85. The number of hydrogen-bond donors (Lipinski definition) is 3. The van der Waals surface area contributed by atoms with Crippen molar-refractivity contribution in [3.8, 4) is 0 Å². The number of hydrogen-bond acceptors (Lipinski definition) is 5. The van der Waals surface area contributed by atoms with Crippen molar-refractivity contribution in [3.63, 3.8) is 0 Å². The first kappa shape index (κ1) is 19.4. The topological polar surface area (TPSA) is 87.7 Å². The summed E-state index contributed by atoms with van der Waals surface area (Å²) in [5.74, 6) is -0.325. The van der Waals surface area contributed by atoms with E-state index in [0.717, 1.165) is 36.4 Å². The van der Waals surface area contributed by atoms with Crippen LogP contribution < -0.4 is 10.7 Å². The van der Waals surface area contributed by atoms with E-state index in [1.807, 2.05) is 20.8 Å². The molecule has 138 valence electrons. The molecule has 1 aliphatic heterocycles. The number of rotatable bonds is 6. The van der Waals surface area contributed by atoms with Crippen LogP contribution in [0.5, 0.6) is 0 Å². The first-order valence-electron chi connectivity index (χ1n) is 8.50. The largest absolute Gasteiger partial charge is 0.462 e. The number of hydrazone groups is 1. The predicted molar refractivity (Wildman–Crippen MR) is 101 cm³/mol. The van der Waals surface area contributed by atoms with E-state index in [2.05, 4.69) is 20.8 Å². The van der Waals surface area contributed by atoms with E-state index in [1.54, 1.807) is 6.92 Å². The highest BCUT2D eigenvalue weighted by atomic mass is 32.1. The first-order valence-corrected chi connectivity index (χ1v) is 8.91. The molecule has 0 spiro atoms. The second kappa shape index (κ2) is 8.96. The zero-order valence-corrected chi connectivity index (χ0v) is 16.0. The Kier molecular flexibility index (Phi) is 6.95. The molecule has 2 rings (SSSR count). The summed E-state index contributed by atoms with van der Waals surface area (Å²) in [6.45, 7) is 9.19. The lowest BCUT2D eigenvalue weighted by Gasteiger charge is -2.12. The molecule has 1 aromatic rings. The number of nitrogens with zero attached hydrogens (tertiary/aromatic N) is 1. The standard InChI is InChI=1S/C17H26N4O3S/c1-5-23-16(22)14-10(2)15(19-11(14)3)12(4)20-21-17(25)18-9-13-7-6-8-24-13/h13,19H,5-9H2,1-4H3,(H2,18,21,25)/b20-12+/t13-/m1/s1. The van der Waals surface area contributed by atoms with Gasteiger partial charge >= 0.3 is 5.97 Å². The van der Waals surface area contributed by atoms with Gasteiger partial charge in [-0.2, -0.15) is 5.10 Å². The van der Waals surface area contributed by atoms with Gasteiger partial charge in [-0.3, -0.25) is 5.43 Å². The van der Waals surface area contributed by atoms with Crippen LogP contribution in [-0.4, -0.2) is 47.6 Å². The average molecular weight is 366 g/mol. The van der Waals surface area contributed by atoms with Crippen molar-refractivity contribution in [2.24, 2.45) is 5.10 Å². The lowest BCUT2D eigenvalue weighted by Crippen LogP contribution is -2.37. The fourth-order valence-corrected chi connectivity index (χ4v) is 2.99. The van der Waals surface area contributed by atoms with Crippen molar-refractivity contribution in [2.45, 2.75) is 46.6 Å². The van der Waals surface area contributed by atoms with Crippen molar-refractivity contribution in [2.75, 3.05) is 19.8 Å². The molecule has 25 heavy (non-hydrogen) atoms. The number of thiocarbonyl (C=S) groups is 1. The lowest BCUT2D eigenvalue weighted by atomic mass is 10.1. The number of esters is 1. The second-order valence-corrected chi connectivity index (χ2v) is 6.41. The van der Waals surface area contributed by atoms with Crippen LogP contribution in [0.2, 0.25) is 0 Å². The monoisotopic (exact) mass is 366 g/mol. The number of aromatic amines is 1. The summed E-state index contributed by atoms with van der Waals surface area (Å²) in [7, 11) is 0. The number of ether oxygens (including phenoxy) is 2. The fourth-order valence-electron chi connectivity index (χ4n) is 2.86. The lowest BCUT2D eigenvalue weighted by molar-refractivity contribution is 0.0525. The van der Waals surface area contributed by atoms with Crippen LogP contribution in [-0.2, 0) is 9.47 Å². The highest BCUT2D eigenvalue weighted by molar-refractivity contribution is 7.80. The van der Waals surface area contributed by atoms with E-state index in [4.69, 9.17) is 21.7 Å². The predicted octanol–water partition coefficient (Wildman–Crippen LogP) is 2.18. The first-order chi connectivity index (χ1) is 11.9. The third-order valence-corrected chi connectivity index (χ3v) is 4.35. The molecule has 3 N–H and O–H groups in total. The van der Waals surface area contributed by atoms with Crippen molar-refractivity contribution in [1.29, 1.82) is 0 Å². The molecule has 2 heterocycles. The van der Waals surface area contributed by atoms with Gasteiger partial charge in [0.2, 0.25) is 0 Å². The molecule has 0 saturated carbocycles. The second-order valence-electron chi connectivity index (χ2n) is 6.00. The van der Waals surface area contributed by atoms with Crippen molar-refractivity contribution in [1.82, 2.24) is 15.7 Å². The quantitative estimate of drug-likeness (QED) is 0.310. The minimum absolute atomic E-state index is 0.213. The maximum absolute atomic E-state index is 12.1. The van der Waals surface area contributed by atoms with E-state index in [1.165, 1.54) is 0 Å². The van der Waals surface area contributed by atoms with Gasteiger partial charge in [0, 0.05) is 18.8 Å². The molecule has 7 nitrogen and oxygen atoms in total. The highest BCUT2D eigenvalue weighted by Gasteiger charge is 2.20. The number of aryl methyl sites for hydroxylation is 1. The number of carbonyl (C=O) groups excluding carboxylic acids is 1. The van der Waals surface area contributed by atoms with Crippen molar-refractivity contribution >= 4 is 29.0 Å². The van der Waals surface area contributed by atoms with Gasteiger partial charge in [0.1, 0.15) is 0 Å². The van der Waals surface area contributed by atoms with Gasteiger partial charge in [0.25, 0.3) is 0 Å². The van der Waals surface area contributed by atoms with E-state index in [-0.39, 0.29) is 12.1 Å². The number of carbonyl (C=O) groups is 1. The Labute approximate surface area is 153 Å². The van der Waals surface area contributed by atoms with E-state index >= 15 is 0 Å². The molecule has 1 saturated heterocycles. The Balaban J connectivity index is 1.98. The van der Waals surface area contributed by atoms with Gasteiger partial charge in [-0.05, 0) is 58.3 Å². The maximum Gasteiger partial charge on any atom is 0.340 e. The van der Waals surface area contributed by atoms with Crippen LogP contribution in [0.3, 0.4) is 0 Å². The van der Waals surface area contributed by atoms with Gasteiger partial charge in [-0.1, -0.05) is 0 Å². The molecule has 1 aliphatic rings. The minimum Gasteiger partial charge on any atom is -0.462 e. The SMILES string of the molecule is CCOC(=O)c1c(C)[nH]c(/C(C)=N/NC(=S)NC[C@H]2CCCO2)c1C. The molecular weight excluding hydrogens is 340 g/mol. The van der Waals surface area contributed by atoms with Crippen LogP contribution in [0.25, 0.3) is 0 Å². The van der Waals surface area contributed by atoms with Crippen molar-refractivity contribution < 1.29 is 14.3 Å². The van der Waals surface area contributed by atoms with E-state index in [0.29, 0.717) is 29.5 Å². The molecule has 1 aromatic heterocycles.